The van der Waals surface area contributed by atoms with E-state index in [1.165, 1.54) is 22.3 Å². The fourth-order valence-electron chi connectivity index (χ4n) is 8.25. The van der Waals surface area contributed by atoms with Crippen molar-refractivity contribution >= 4 is 0 Å². The van der Waals surface area contributed by atoms with Gasteiger partial charge in [-0.2, -0.15) is 0 Å². The molecule has 0 N–H and O–H groups in total. The normalized spacial score (nSPS) is 15.3. The number of rotatable bonds is 3. The Hall–Kier alpha value is -1.56. The maximum absolute atomic E-state index is 2.63. The van der Waals surface area contributed by atoms with Gasteiger partial charge in [0.25, 0.3) is 0 Å². The van der Waals surface area contributed by atoms with Crippen LogP contribution in [0.4, 0.5) is 0 Å². The van der Waals surface area contributed by atoms with Crippen molar-refractivity contribution in [2.45, 2.75) is 229 Å². The summed E-state index contributed by atoms with van der Waals surface area (Å²) in [6.07, 6.45) is 1.04. The number of hydrogen-bond donors (Lipinski definition) is 0. The average molecular weight is 645 g/mol. The molecule has 0 saturated carbocycles. The molecule has 47 heavy (non-hydrogen) atoms. The SMILES string of the molecule is CC(Cc1cc(C(C)(C)C)c(C(C)(C)C)cc1C(C)(C)C)c1c(C(C)(C)C)c(C(C)(C)C)c(C(C)(C)C)c(C(C)(C)C)c1C(C)(C)C. The van der Waals surface area contributed by atoms with E-state index in [0.29, 0.717) is 5.92 Å². The minimum atomic E-state index is -0.0118. The van der Waals surface area contributed by atoms with Crippen molar-refractivity contribution in [3.05, 3.63) is 67.8 Å². The van der Waals surface area contributed by atoms with Gasteiger partial charge in [0.2, 0.25) is 0 Å². The summed E-state index contributed by atoms with van der Waals surface area (Å²) in [5, 5.41) is 0. The van der Waals surface area contributed by atoms with E-state index in [1.807, 2.05) is 0 Å². The fourth-order valence-corrected chi connectivity index (χ4v) is 8.25. The van der Waals surface area contributed by atoms with Crippen molar-refractivity contribution in [3.8, 4) is 0 Å². The van der Waals surface area contributed by atoms with E-state index >= 15 is 0 Å². The lowest BCUT2D eigenvalue weighted by Gasteiger charge is -2.47. The second-order valence-electron chi connectivity index (χ2n) is 23.4. The molecular formula is C47H80. The maximum atomic E-state index is 2.63. The first-order chi connectivity index (χ1) is 20.3. The number of hydrogen-bond acceptors (Lipinski definition) is 0. The van der Waals surface area contributed by atoms with Gasteiger partial charge in [0.15, 0.2) is 0 Å². The molecule has 0 nitrogen and oxygen atoms in total. The highest BCUT2D eigenvalue weighted by atomic mass is 14.5. The van der Waals surface area contributed by atoms with E-state index in [0.717, 1.165) is 6.42 Å². The lowest BCUT2D eigenvalue weighted by molar-refractivity contribution is 0.448. The minimum absolute atomic E-state index is 0.000439. The van der Waals surface area contributed by atoms with Crippen molar-refractivity contribution in [3.63, 3.8) is 0 Å². The highest BCUT2D eigenvalue weighted by Gasteiger charge is 2.43. The molecule has 0 heterocycles. The zero-order valence-electron chi connectivity index (χ0n) is 36.4. The highest BCUT2D eigenvalue weighted by molar-refractivity contribution is 5.63. The third-order valence-electron chi connectivity index (χ3n) is 9.97. The van der Waals surface area contributed by atoms with Crippen molar-refractivity contribution in [2.24, 2.45) is 0 Å². The fraction of sp³-hybridized carbons (Fsp3) is 0.745. The summed E-state index contributed by atoms with van der Waals surface area (Å²) in [5.74, 6) is 0.351. The van der Waals surface area contributed by atoms with Crippen LogP contribution >= 0.6 is 0 Å². The van der Waals surface area contributed by atoms with E-state index in [4.69, 9.17) is 0 Å². The Balaban J connectivity index is 3.38. The maximum Gasteiger partial charge on any atom is -0.0126 e. The molecule has 2 aromatic rings. The zero-order valence-corrected chi connectivity index (χ0v) is 36.4. The van der Waals surface area contributed by atoms with Gasteiger partial charge < -0.3 is 0 Å². The summed E-state index contributed by atoms with van der Waals surface area (Å²) in [4.78, 5) is 0. The Morgan fingerprint density at radius 2 is 0.596 bits per heavy atom. The molecule has 0 saturated heterocycles. The topological polar surface area (TPSA) is 0 Å². The van der Waals surface area contributed by atoms with Crippen LogP contribution in [0.3, 0.4) is 0 Å². The molecule has 1 unspecified atom stereocenters. The summed E-state index contributed by atoms with van der Waals surface area (Å²) in [6, 6.07) is 5.23. The van der Waals surface area contributed by atoms with E-state index in [1.54, 1.807) is 33.4 Å². The molecule has 2 rings (SSSR count). The van der Waals surface area contributed by atoms with Crippen molar-refractivity contribution in [1.29, 1.82) is 0 Å². The molecule has 2 aromatic carbocycles. The summed E-state index contributed by atoms with van der Waals surface area (Å²) < 4.78 is 0. The quantitative estimate of drug-likeness (QED) is 0.312. The predicted octanol–water partition coefficient (Wildman–Crippen LogP) is 14.4. The second kappa shape index (κ2) is 12.3. The van der Waals surface area contributed by atoms with Crippen LogP contribution in [0.5, 0.6) is 0 Å². The van der Waals surface area contributed by atoms with Crippen LogP contribution in [-0.4, -0.2) is 0 Å². The summed E-state index contributed by atoms with van der Waals surface area (Å²) in [7, 11) is 0. The van der Waals surface area contributed by atoms with Crippen molar-refractivity contribution in [2.75, 3.05) is 0 Å². The Morgan fingerprint density at radius 1 is 0.340 bits per heavy atom. The number of benzene rings is 2. The van der Waals surface area contributed by atoms with E-state index in [-0.39, 0.29) is 43.3 Å². The van der Waals surface area contributed by atoms with Crippen LogP contribution in [0.2, 0.25) is 0 Å². The molecule has 0 aromatic heterocycles. The Labute approximate surface area is 295 Å². The summed E-state index contributed by atoms with van der Waals surface area (Å²) >= 11 is 0. The molecular weight excluding hydrogens is 565 g/mol. The third kappa shape index (κ3) is 8.97. The molecule has 0 bridgehead atoms. The average Bonchev–Trinajstić information content (AvgIpc) is 2.76. The van der Waals surface area contributed by atoms with Crippen molar-refractivity contribution < 1.29 is 0 Å². The van der Waals surface area contributed by atoms with Crippen LogP contribution in [0.25, 0.3) is 0 Å². The van der Waals surface area contributed by atoms with Gasteiger partial charge in [-0.1, -0.05) is 185 Å². The summed E-state index contributed by atoms with van der Waals surface area (Å²) in [5.41, 5.74) is 15.8. The first-order valence-electron chi connectivity index (χ1n) is 18.8. The molecule has 0 aliphatic carbocycles. The first-order valence-corrected chi connectivity index (χ1v) is 18.8. The van der Waals surface area contributed by atoms with Crippen LogP contribution in [0.15, 0.2) is 12.1 Å². The van der Waals surface area contributed by atoms with Gasteiger partial charge in [-0.3, -0.25) is 0 Å². The lowest BCUT2D eigenvalue weighted by atomic mass is 9.57. The largest absolute Gasteiger partial charge is 0.0581 e. The molecule has 0 fully saturated rings. The summed E-state index contributed by atoms with van der Waals surface area (Å²) in [6.45, 7) is 61.1. The standard InChI is InChI=1S/C47H80/c1-29(26-30-27-32(41(5,6)7)33(42(8,9)10)28-31(30)40(2,3)4)34-35(43(11,12)13)37(45(17,18)19)39(47(23,24)25)38(46(20,21)22)36(34)44(14,15)16/h27-29H,26H2,1-25H3. The van der Waals surface area contributed by atoms with Crippen LogP contribution < -0.4 is 0 Å². The smallest absolute Gasteiger partial charge is 0.0126 e. The Morgan fingerprint density at radius 3 is 0.851 bits per heavy atom. The van der Waals surface area contributed by atoms with Gasteiger partial charge in [-0.15, -0.1) is 0 Å². The Kier molecular flexibility index (Phi) is 10.9. The molecule has 0 radical (unpaired) electrons. The zero-order chi connectivity index (χ0) is 37.5. The Bertz CT molecular complexity index is 1380. The second-order valence-corrected chi connectivity index (χ2v) is 23.4. The molecule has 0 aliphatic rings. The monoisotopic (exact) mass is 645 g/mol. The van der Waals surface area contributed by atoms with Crippen LogP contribution in [0, 0.1) is 0 Å². The highest BCUT2D eigenvalue weighted by Crippen LogP contribution is 2.54. The molecule has 0 spiro atoms. The molecule has 1 atom stereocenters. The van der Waals surface area contributed by atoms with E-state index < -0.39 is 0 Å². The molecule has 0 aliphatic heterocycles. The molecule has 268 valence electrons. The minimum Gasteiger partial charge on any atom is -0.0581 e. The van der Waals surface area contributed by atoms with Gasteiger partial charge in [0, 0.05) is 0 Å². The molecule has 0 amide bonds. The van der Waals surface area contributed by atoms with Gasteiger partial charge in [0.1, 0.15) is 0 Å². The van der Waals surface area contributed by atoms with Crippen LogP contribution in [0.1, 0.15) is 235 Å². The van der Waals surface area contributed by atoms with Crippen LogP contribution in [-0.2, 0) is 49.7 Å². The van der Waals surface area contributed by atoms with E-state index in [9.17, 15) is 0 Å². The van der Waals surface area contributed by atoms with Gasteiger partial charge in [-0.05, 0) is 111 Å². The lowest BCUT2D eigenvalue weighted by Crippen LogP contribution is -2.38. The third-order valence-corrected chi connectivity index (χ3v) is 9.97. The van der Waals surface area contributed by atoms with E-state index in [2.05, 4.69) is 185 Å². The first kappa shape index (κ1) is 41.6. The van der Waals surface area contributed by atoms with Gasteiger partial charge >= 0.3 is 0 Å². The predicted molar refractivity (Wildman–Crippen MR) is 215 cm³/mol. The molecule has 0 heteroatoms. The van der Waals surface area contributed by atoms with Gasteiger partial charge in [-0.25, -0.2) is 0 Å². The van der Waals surface area contributed by atoms with Gasteiger partial charge in [0.05, 0.1) is 0 Å². The van der Waals surface area contributed by atoms with Crippen molar-refractivity contribution in [1.82, 2.24) is 0 Å².